The van der Waals surface area contributed by atoms with Crippen LogP contribution in [0.15, 0.2) is 18.2 Å². The summed E-state index contributed by atoms with van der Waals surface area (Å²) in [6.45, 7) is 0.335. The van der Waals surface area contributed by atoms with Gasteiger partial charge in [-0.25, -0.2) is 0 Å². The molecule has 0 amide bonds. The molecule has 0 heterocycles. The molecule has 1 unspecified atom stereocenters. The van der Waals surface area contributed by atoms with Crippen LogP contribution in [0.1, 0.15) is 12.0 Å². The van der Waals surface area contributed by atoms with Gasteiger partial charge in [-0.15, -0.1) is 0 Å². The van der Waals surface area contributed by atoms with E-state index in [0.29, 0.717) is 29.5 Å². The quantitative estimate of drug-likeness (QED) is 0.869. The highest BCUT2D eigenvalue weighted by Gasteiger charge is 2.09. The SMILES string of the molecule is COCC(O)CCc1c(Cl)cccc1Cl. The predicted octanol–water partition coefficient (Wildman–Crippen LogP) is 2.93. The Morgan fingerprint density at radius 3 is 2.47 bits per heavy atom. The number of hydrogen-bond donors (Lipinski definition) is 1. The van der Waals surface area contributed by atoms with Crippen LogP contribution in [-0.2, 0) is 11.2 Å². The van der Waals surface area contributed by atoms with E-state index in [1.54, 1.807) is 25.3 Å². The summed E-state index contributed by atoms with van der Waals surface area (Å²) in [5.41, 5.74) is 0.885. The Balaban J connectivity index is 2.57. The zero-order valence-corrected chi connectivity index (χ0v) is 10.1. The number of methoxy groups -OCH3 is 1. The van der Waals surface area contributed by atoms with Gasteiger partial charge in [0.25, 0.3) is 0 Å². The third-order valence-corrected chi connectivity index (χ3v) is 2.86. The van der Waals surface area contributed by atoms with Gasteiger partial charge in [0.2, 0.25) is 0 Å². The minimum absolute atomic E-state index is 0.335. The highest BCUT2D eigenvalue weighted by atomic mass is 35.5. The van der Waals surface area contributed by atoms with Crippen molar-refractivity contribution in [2.24, 2.45) is 0 Å². The van der Waals surface area contributed by atoms with Crippen molar-refractivity contribution in [2.45, 2.75) is 18.9 Å². The van der Waals surface area contributed by atoms with Gasteiger partial charge in [0.15, 0.2) is 0 Å². The largest absolute Gasteiger partial charge is 0.391 e. The first kappa shape index (κ1) is 12.8. The van der Waals surface area contributed by atoms with Crippen molar-refractivity contribution in [3.63, 3.8) is 0 Å². The van der Waals surface area contributed by atoms with Crippen molar-refractivity contribution in [1.82, 2.24) is 0 Å². The smallest absolute Gasteiger partial charge is 0.0776 e. The number of aliphatic hydroxyl groups excluding tert-OH is 1. The fraction of sp³-hybridized carbons (Fsp3) is 0.455. The van der Waals surface area contributed by atoms with Crippen LogP contribution in [0.5, 0.6) is 0 Å². The second-order valence-electron chi connectivity index (χ2n) is 3.35. The molecule has 0 aliphatic rings. The molecule has 1 aromatic rings. The Morgan fingerprint density at radius 2 is 1.93 bits per heavy atom. The lowest BCUT2D eigenvalue weighted by Crippen LogP contribution is -2.14. The second-order valence-corrected chi connectivity index (χ2v) is 4.16. The molecular formula is C11H14Cl2O2. The van der Waals surface area contributed by atoms with Crippen LogP contribution in [-0.4, -0.2) is 24.9 Å². The second kappa shape index (κ2) is 6.33. The molecule has 1 rings (SSSR count). The van der Waals surface area contributed by atoms with E-state index in [9.17, 15) is 5.11 Å². The van der Waals surface area contributed by atoms with E-state index in [2.05, 4.69) is 0 Å². The van der Waals surface area contributed by atoms with Crippen molar-refractivity contribution in [3.05, 3.63) is 33.8 Å². The van der Waals surface area contributed by atoms with Gasteiger partial charge in [0.05, 0.1) is 12.7 Å². The van der Waals surface area contributed by atoms with Gasteiger partial charge in [-0.3, -0.25) is 0 Å². The summed E-state index contributed by atoms with van der Waals surface area (Å²) in [7, 11) is 1.56. The van der Waals surface area contributed by atoms with Crippen LogP contribution in [0.2, 0.25) is 10.0 Å². The van der Waals surface area contributed by atoms with E-state index >= 15 is 0 Å². The van der Waals surface area contributed by atoms with Gasteiger partial charge < -0.3 is 9.84 Å². The fourth-order valence-corrected chi connectivity index (χ4v) is 1.94. The number of aliphatic hydroxyl groups is 1. The first-order chi connectivity index (χ1) is 7.15. The summed E-state index contributed by atoms with van der Waals surface area (Å²) in [5, 5.41) is 10.8. The maximum Gasteiger partial charge on any atom is 0.0776 e. The van der Waals surface area contributed by atoms with Gasteiger partial charge in [-0.2, -0.15) is 0 Å². The van der Waals surface area contributed by atoms with E-state index in [4.69, 9.17) is 27.9 Å². The van der Waals surface area contributed by atoms with Crippen LogP contribution in [0, 0.1) is 0 Å². The Kier molecular flexibility index (Phi) is 5.40. The molecule has 2 nitrogen and oxygen atoms in total. The summed E-state index contributed by atoms with van der Waals surface area (Å²) in [5.74, 6) is 0. The zero-order chi connectivity index (χ0) is 11.3. The standard InChI is InChI=1S/C11H14Cl2O2/c1-15-7-8(14)5-6-9-10(12)3-2-4-11(9)13/h2-4,8,14H,5-7H2,1H3. The molecule has 4 heteroatoms. The third kappa shape index (κ3) is 3.99. The topological polar surface area (TPSA) is 29.5 Å². The Morgan fingerprint density at radius 1 is 1.33 bits per heavy atom. The van der Waals surface area contributed by atoms with Crippen molar-refractivity contribution in [2.75, 3.05) is 13.7 Å². The lowest BCUT2D eigenvalue weighted by molar-refractivity contribution is 0.0595. The summed E-state index contributed by atoms with van der Waals surface area (Å²) in [6, 6.07) is 5.40. The molecule has 1 atom stereocenters. The molecule has 0 fully saturated rings. The van der Waals surface area contributed by atoms with Crippen LogP contribution >= 0.6 is 23.2 Å². The minimum atomic E-state index is -0.470. The highest BCUT2D eigenvalue weighted by Crippen LogP contribution is 2.25. The number of rotatable bonds is 5. The molecule has 0 bridgehead atoms. The highest BCUT2D eigenvalue weighted by molar-refractivity contribution is 6.35. The van der Waals surface area contributed by atoms with Crippen molar-refractivity contribution < 1.29 is 9.84 Å². The molecule has 1 aromatic carbocycles. The number of benzene rings is 1. The Bertz CT molecular complexity index is 295. The number of halogens is 2. The minimum Gasteiger partial charge on any atom is -0.391 e. The average Bonchev–Trinajstić information content (AvgIpc) is 2.17. The molecule has 0 spiro atoms. The van der Waals surface area contributed by atoms with Crippen molar-refractivity contribution in [1.29, 1.82) is 0 Å². The summed E-state index contributed by atoms with van der Waals surface area (Å²) < 4.78 is 4.84. The number of hydrogen-bond acceptors (Lipinski definition) is 2. The molecule has 15 heavy (non-hydrogen) atoms. The van der Waals surface area contributed by atoms with Crippen LogP contribution in [0.3, 0.4) is 0 Å². The predicted molar refractivity (Wildman–Crippen MR) is 62.7 cm³/mol. The first-order valence-electron chi connectivity index (χ1n) is 4.75. The lowest BCUT2D eigenvalue weighted by atomic mass is 10.1. The van der Waals surface area contributed by atoms with E-state index in [1.807, 2.05) is 0 Å². The molecule has 0 saturated carbocycles. The third-order valence-electron chi connectivity index (χ3n) is 2.15. The summed E-state index contributed by atoms with van der Waals surface area (Å²) in [6.07, 6.45) is 0.780. The van der Waals surface area contributed by atoms with Crippen molar-refractivity contribution >= 4 is 23.2 Å². The number of ether oxygens (including phenoxy) is 1. The van der Waals surface area contributed by atoms with Gasteiger partial charge in [-0.05, 0) is 30.5 Å². The van der Waals surface area contributed by atoms with Crippen molar-refractivity contribution in [3.8, 4) is 0 Å². The van der Waals surface area contributed by atoms with Gasteiger partial charge in [0.1, 0.15) is 0 Å². The molecule has 1 N–H and O–H groups in total. The van der Waals surface area contributed by atoms with Gasteiger partial charge in [0, 0.05) is 17.2 Å². The van der Waals surface area contributed by atoms with E-state index in [0.717, 1.165) is 5.56 Å². The Hall–Kier alpha value is -0.280. The van der Waals surface area contributed by atoms with E-state index in [-0.39, 0.29) is 0 Å². The molecule has 0 aliphatic carbocycles. The molecule has 84 valence electrons. The molecular weight excluding hydrogens is 235 g/mol. The van der Waals surface area contributed by atoms with Crippen LogP contribution in [0.25, 0.3) is 0 Å². The lowest BCUT2D eigenvalue weighted by Gasteiger charge is -2.11. The van der Waals surface area contributed by atoms with E-state index < -0.39 is 6.10 Å². The monoisotopic (exact) mass is 248 g/mol. The van der Waals surface area contributed by atoms with Gasteiger partial charge >= 0.3 is 0 Å². The molecule has 0 radical (unpaired) electrons. The van der Waals surface area contributed by atoms with Crippen LogP contribution in [0.4, 0.5) is 0 Å². The van der Waals surface area contributed by atoms with Gasteiger partial charge in [-0.1, -0.05) is 29.3 Å². The average molecular weight is 249 g/mol. The van der Waals surface area contributed by atoms with Crippen LogP contribution < -0.4 is 0 Å². The first-order valence-corrected chi connectivity index (χ1v) is 5.50. The summed E-state index contributed by atoms with van der Waals surface area (Å²) >= 11 is 12.0. The summed E-state index contributed by atoms with van der Waals surface area (Å²) in [4.78, 5) is 0. The maximum absolute atomic E-state index is 9.48. The molecule has 0 aliphatic heterocycles. The maximum atomic E-state index is 9.48. The molecule has 0 aromatic heterocycles. The normalized spacial score (nSPS) is 12.8. The fourth-order valence-electron chi connectivity index (χ4n) is 1.36. The Labute approximate surface area is 99.8 Å². The van der Waals surface area contributed by atoms with E-state index in [1.165, 1.54) is 0 Å². The molecule has 0 saturated heterocycles. The zero-order valence-electron chi connectivity index (χ0n) is 8.54.